The van der Waals surface area contributed by atoms with Crippen LogP contribution in [-0.4, -0.2) is 120 Å². The van der Waals surface area contributed by atoms with Crippen LogP contribution in [0.15, 0.2) is 23.3 Å². The van der Waals surface area contributed by atoms with Crippen LogP contribution >= 0.6 is 11.8 Å². The third-order valence-corrected chi connectivity index (χ3v) is 19.6. The molecule has 16 nitrogen and oxygen atoms in total. The molecule has 5 amide bonds. The number of amides is 5. The van der Waals surface area contributed by atoms with Crippen molar-refractivity contribution in [1.29, 1.82) is 0 Å². The van der Waals surface area contributed by atoms with E-state index in [1.807, 2.05) is 25.6 Å². The summed E-state index contributed by atoms with van der Waals surface area (Å²) in [5.41, 5.74) is -0.285. The molecule has 8 aliphatic rings. The quantitative estimate of drug-likeness (QED) is 0.0340. The number of fused-ring (bicyclic) bond motifs is 5. The predicted molar refractivity (Wildman–Crippen MR) is 258 cm³/mol. The predicted octanol–water partition coefficient (Wildman–Crippen LogP) is 5.10. The Labute approximate surface area is 411 Å². The number of thioether (sulfide) groups is 1. The van der Waals surface area contributed by atoms with Gasteiger partial charge < -0.3 is 45.9 Å². The van der Waals surface area contributed by atoms with Crippen LogP contribution in [0.25, 0.3) is 0 Å². The van der Waals surface area contributed by atoms with Gasteiger partial charge in [0.15, 0.2) is 5.78 Å². The fourth-order valence-electron chi connectivity index (χ4n) is 14.2. The fraction of sp³-hybridized carbons (Fsp3) is 0.788. The molecule has 4 heterocycles. The van der Waals surface area contributed by atoms with Crippen molar-refractivity contribution in [1.82, 2.24) is 26.6 Å². The number of esters is 2. The van der Waals surface area contributed by atoms with Crippen LogP contribution in [0.2, 0.25) is 0 Å². The lowest BCUT2D eigenvalue weighted by atomic mass is 9.44. The van der Waals surface area contributed by atoms with Gasteiger partial charge in [0.25, 0.3) is 0 Å². The van der Waals surface area contributed by atoms with Gasteiger partial charge in [0, 0.05) is 49.8 Å². The first kappa shape index (κ1) is 51.4. The number of carbonyl (C=O) groups is 7. The normalized spacial score (nSPS) is 36.4. The van der Waals surface area contributed by atoms with Crippen LogP contribution in [0.5, 0.6) is 0 Å². The minimum Gasteiger partial charge on any atom is -0.459 e. The summed E-state index contributed by atoms with van der Waals surface area (Å²) < 4.78 is 17.8. The first-order chi connectivity index (χ1) is 33.1. The highest BCUT2D eigenvalue weighted by atomic mass is 32.2. The van der Waals surface area contributed by atoms with E-state index in [4.69, 9.17) is 14.2 Å². The van der Waals surface area contributed by atoms with E-state index in [1.165, 1.54) is 0 Å². The molecule has 0 aromatic rings. The van der Waals surface area contributed by atoms with Gasteiger partial charge in [0.05, 0.1) is 29.2 Å². The largest absolute Gasteiger partial charge is 0.459 e. The molecule has 6 fully saturated rings. The van der Waals surface area contributed by atoms with Gasteiger partial charge >= 0.3 is 18.0 Å². The number of hydrogen-bond donors (Lipinski definition) is 6. The minimum absolute atomic E-state index is 0.00774. The number of hydrogen-bond acceptors (Lipinski definition) is 12. The summed E-state index contributed by atoms with van der Waals surface area (Å²) in [6.45, 7) is 9.16. The van der Waals surface area contributed by atoms with Gasteiger partial charge in [-0.2, -0.15) is 11.8 Å². The Morgan fingerprint density at radius 1 is 0.884 bits per heavy atom. The summed E-state index contributed by atoms with van der Waals surface area (Å²) >= 11 is 1.89. The number of ketones is 1. The second-order valence-electron chi connectivity index (χ2n) is 22.0. The minimum atomic E-state index is -0.782. The third kappa shape index (κ3) is 10.7. The van der Waals surface area contributed by atoms with Gasteiger partial charge in [0.2, 0.25) is 17.7 Å². The number of allylic oxidation sites excluding steroid dienone is 1. The number of cyclic esters (lactones) is 1. The van der Waals surface area contributed by atoms with Gasteiger partial charge in [-0.3, -0.25) is 24.0 Å². The van der Waals surface area contributed by atoms with Crippen molar-refractivity contribution in [2.45, 2.75) is 185 Å². The SMILES string of the molecule is CC1=C(COC(=O)CNC(=O)CCCCCNC(=O)CCCCCNC(=O)CCCCC2SCC3NC(=O)NC32)C(=O)OC([C@@H](C)C2CCC3C4C[C@H]5O[C@]56C(O)C=CC(=O)[C@]6(C)C4CC[C@@]32C)C1. The average molecular weight is 980 g/mol. The standard InChI is InChI=1S/C52H77N5O11S/c1-30-25-38(31(2)34-17-18-35-32-26-42-52(68-42)41(59)20-19-40(58)51(52,4)36(32)21-22-50(34,35)3)67-48(64)33(30)28-66-46(63)27-55-45(62)15-8-6-12-23-53-43(60)14-7-5-11-24-54-44(61)16-10-9-13-39-47-37(29-69-39)56-49(65)57-47/h19-20,31-32,34-39,41-42,47,59H,5-18,21-29H2,1-4H3,(H,53,60)(H,54,61)(H,55,62)(H2,56,57,65)/t31-,32?,34?,35?,36?,37?,38?,39?,41?,42+,47?,50+,51-,52+/m0/s1. The first-order valence-electron chi connectivity index (χ1n) is 26.2. The highest BCUT2D eigenvalue weighted by Gasteiger charge is 2.80. The van der Waals surface area contributed by atoms with Crippen molar-refractivity contribution in [3.05, 3.63) is 23.3 Å². The number of aliphatic hydroxyl groups is 1. The molecule has 1 spiro atoms. The van der Waals surface area contributed by atoms with E-state index in [0.29, 0.717) is 67.3 Å². The average Bonchev–Trinajstić information content (AvgIpc) is 3.53. The molecule has 3 saturated carbocycles. The molecule has 0 aromatic heterocycles. The zero-order valence-corrected chi connectivity index (χ0v) is 42.0. The van der Waals surface area contributed by atoms with Crippen molar-refractivity contribution in [2.75, 3.05) is 32.0 Å². The molecule has 69 heavy (non-hydrogen) atoms. The molecule has 0 aromatic carbocycles. The number of epoxide rings is 1. The highest BCUT2D eigenvalue weighted by molar-refractivity contribution is 8.00. The number of rotatable bonds is 23. The summed E-state index contributed by atoms with van der Waals surface area (Å²) in [5, 5.41) is 25.9. The number of carbonyl (C=O) groups excluding carboxylic acids is 7. The van der Waals surface area contributed by atoms with E-state index >= 15 is 0 Å². The third-order valence-electron chi connectivity index (χ3n) is 18.1. The molecule has 0 radical (unpaired) electrons. The van der Waals surface area contributed by atoms with E-state index in [9.17, 15) is 38.7 Å². The van der Waals surface area contributed by atoms with E-state index in [1.54, 1.807) is 12.2 Å². The van der Waals surface area contributed by atoms with Crippen LogP contribution in [0.3, 0.4) is 0 Å². The molecule has 4 aliphatic heterocycles. The van der Waals surface area contributed by atoms with Crippen LogP contribution in [0, 0.1) is 40.4 Å². The number of urea groups is 1. The molecular weight excluding hydrogens is 903 g/mol. The lowest BCUT2D eigenvalue weighted by Crippen LogP contribution is -2.63. The number of ether oxygens (including phenoxy) is 3. The maximum atomic E-state index is 13.5. The van der Waals surface area contributed by atoms with Gasteiger partial charge in [0.1, 0.15) is 31.0 Å². The van der Waals surface area contributed by atoms with Gasteiger partial charge in [-0.15, -0.1) is 0 Å². The number of unbranched alkanes of at least 4 members (excludes halogenated alkanes) is 5. The highest BCUT2D eigenvalue weighted by Crippen LogP contribution is 2.73. The Hall–Kier alpha value is -3.96. The monoisotopic (exact) mass is 980 g/mol. The fourth-order valence-corrected chi connectivity index (χ4v) is 15.8. The maximum absolute atomic E-state index is 13.5. The molecule has 14 atom stereocenters. The number of nitrogens with one attached hydrogen (secondary N) is 5. The molecule has 382 valence electrons. The molecule has 8 rings (SSSR count). The zero-order valence-electron chi connectivity index (χ0n) is 41.2. The van der Waals surface area contributed by atoms with E-state index in [-0.39, 0.29) is 90.7 Å². The van der Waals surface area contributed by atoms with Crippen molar-refractivity contribution in [2.24, 2.45) is 40.4 Å². The smallest absolute Gasteiger partial charge is 0.337 e. The van der Waals surface area contributed by atoms with Crippen LogP contribution in [0.4, 0.5) is 4.79 Å². The molecule has 9 unspecified atom stereocenters. The Morgan fingerprint density at radius 2 is 1.57 bits per heavy atom. The first-order valence-corrected chi connectivity index (χ1v) is 27.2. The second-order valence-corrected chi connectivity index (χ2v) is 23.3. The summed E-state index contributed by atoms with van der Waals surface area (Å²) in [5.74, 6) is 1.07. The Morgan fingerprint density at radius 3 is 2.26 bits per heavy atom. The van der Waals surface area contributed by atoms with Crippen molar-refractivity contribution in [3.8, 4) is 0 Å². The molecule has 6 N–H and O–H groups in total. The molecule has 17 heteroatoms. The van der Waals surface area contributed by atoms with Gasteiger partial charge in [-0.25, -0.2) is 9.59 Å². The zero-order chi connectivity index (χ0) is 49.1. The van der Waals surface area contributed by atoms with E-state index in [2.05, 4.69) is 40.4 Å². The Kier molecular flexibility index (Phi) is 16.2. The molecule has 0 bridgehead atoms. The maximum Gasteiger partial charge on any atom is 0.337 e. The van der Waals surface area contributed by atoms with Crippen molar-refractivity contribution < 1.29 is 52.9 Å². The lowest BCUT2D eigenvalue weighted by molar-refractivity contribution is -0.156. The van der Waals surface area contributed by atoms with Crippen molar-refractivity contribution >= 4 is 53.2 Å². The van der Waals surface area contributed by atoms with Crippen molar-refractivity contribution in [3.63, 3.8) is 0 Å². The summed E-state index contributed by atoms with van der Waals surface area (Å²) in [7, 11) is 0. The van der Waals surface area contributed by atoms with Gasteiger partial charge in [-0.1, -0.05) is 38.7 Å². The summed E-state index contributed by atoms with van der Waals surface area (Å²) in [6, 6.07) is 0.349. The summed E-state index contributed by atoms with van der Waals surface area (Å²) in [6.07, 6.45) is 15.9. The molecule has 4 aliphatic carbocycles. The van der Waals surface area contributed by atoms with Crippen LogP contribution in [0.1, 0.15) is 143 Å². The molecular formula is C52H77N5O11S. The van der Waals surface area contributed by atoms with Crippen LogP contribution in [-0.2, 0) is 43.0 Å². The second kappa shape index (κ2) is 21.8. The Bertz CT molecular complexity index is 2050. The van der Waals surface area contributed by atoms with Crippen LogP contribution < -0.4 is 26.6 Å². The van der Waals surface area contributed by atoms with E-state index < -0.39 is 29.1 Å². The van der Waals surface area contributed by atoms with E-state index in [0.717, 1.165) is 94.8 Å². The summed E-state index contributed by atoms with van der Waals surface area (Å²) in [4.78, 5) is 88.0. The Balaban J connectivity index is 0.639. The van der Waals surface area contributed by atoms with Gasteiger partial charge in [-0.05, 0) is 132 Å². The topological polar surface area (TPSA) is 231 Å². The lowest BCUT2D eigenvalue weighted by Gasteiger charge is -2.58. The molecule has 3 saturated heterocycles. The number of aliphatic hydroxyl groups excluding tert-OH is 1.